The van der Waals surface area contributed by atoms with Gasteiger partial charge in [-0.2, -0.15) is 0 Å². The highest BCUT2D eigenvalue weighted by molar-refractivity contribution is 7.12. The van der Waals surface area contributed by atoms with Gasteiger partial charge in [0.25, 0.3) is 0 Å². The second-order valence-corrected chi connectivity index (χ2v) is 7.51. The van der Waals surface area contributed by atoms with Gasteiger partial charge in [0, 0.05) is 19.0 Å². The second-order valence-electron chi connectivity index (χ2n) is 6.59. The van der Waals surface area contributed by atoms with E-state index in [-0.39, 0.29) is 30.0 Å². The van der Waals surface area contributed by atoms with E-state index in [1.165, 1.54) is 15.6 Å². The van der Waals surface area contributed by atoms with Gasteiger partial charge in [-0.25, -0.2) is 14.2 Å². The summed E-state index contributed by atoms with van der Waals surface area (Å²) in [7, 11) is 0. The van der Waals surface area contributed by atoms with E-state index in [0.717, 1.165) is 11.3 Å². The van der Waals surface area contributed by atoms with E-state index in [9.17, 15) is 14.7 Å². The Bertz CT molecular complexity index is 993. The smallest absolute Gasteiger partial charge is 0.348 e. The topological polar surface area (TPSA) is 139 Å². The number of hydrogen-bond donors (Lipinski definition) is 2. The third-order valence-corrected chi connectivity index (χ3v) is 5.12. The summed E-state index contributed by atoms with van der Waals surface area (Å²) in [5.41, 5.74) is 1.51. The molecule has 3 aromatic heterocycles. The van der Waals surface area contributed by atoms with E-state index < -0.39 is 5.97 Å². The minimum Gasteiger partial charge on any atom is -0.477 e. The minimum atomic E-state index is -1.01. The Morgan fingerprint density at radius 2 is 1.97 bits per heavy atom. The maximum absolute atomic E-state index is 12.7. The van der Waals surface area contributed by atoms with Crippen LogP contribution in [0.4, 0.5) is 0 Å². The highest BCUT2D eigenvalue weighted by atomic mass is 32.1. The summed E-state index contributed by atoms with van der Waals surface area (Å²) in [6.45, 7) is 4.05. The SMILES string of the molecule is CC(C)N(CCc1cn(-c2ccsc2C(=O)O)nn1)C(=O)Cn1cc(CO)nn1. The maximum atomic E-state index is 12.7. The van der Waals surface area contributed by atoms with Crippen molar-refractivity contribution in [3.8, 4) is 5.69 Å². The average Bonchev–Trinajstić information content (AvgIpc) is 3.41. The lowest BCUT2D eigenvalue weighted by atomic mass is 10.2. The first-order valence-corrected chi connectivity index (χ1v) is 9.78. The van der Waals surface area contributed by atoms with Crippen molar-refractivity contribution < 1.29 is 19.8 Å². The van der Waals surface area contributed by atoms with Crippen molar-refractivity contribution in [2.45, 2.75) is 39.5 Å². The number of aromatic carboxylic acids is 1. The lowest BCUT2D eigenvalue weighted by molar-refractivity contribution is -0.133. The Kier molecular flexibility index (Phi) is 6.34. The van der Waals surface area contributed by atoms with Crippen LogP contribution in [-0.4, -0.2) is 69.6 Å². The largest absolute Gasteiger partial charge is 0.477 e. The third-order valence-electron chi connectivity index (χ3n) is 4.22. The number of aromatic nitrogens is 6. The molecule has 12 heteroatoms. The van der Waals surface area contributed by atoms with Crippen LogP contribution in [0.15, 0.2) is 23.8 Å². The van der Waals surface area contributed by atoms with Gasteiger partial charge < -0.3 is 15.1 Å². The molecule has 154 valence electrons. The van der Waals surface area contributed by atoms with E-state index in [1.54, 1.807) is 22.5 Å². The zero-order valence-corrected chi connectivity index (χ0v) is 16.8. The fourth-order valence-electron chi connectivity index (χ4n) is 2.80. The number of thiophene rings is 1. The third kappa shape index (κ3) is 4.84. The van der Waals surface area contributed by atoms with E-state index in [2.05, 4.69) is 20.6 Å². The highest BCUT2D eigenvalue weighted by Gasteiger charge is 2.19. The Morgan fingerprint density at radius 3 is 2.62 bits per heavy atom. The molecule has 0 fully saturated rings. The first-order valence-electron chi connectivity index (χ1n) is 8.90. The van der Waals surface area contributed by atoms with Crippen LogP contribution in [0.1, 0.15) is 34.9 Å². The molecular formula is C17H21N7O4S. The molecule has 3 heterocycles. The van der Waals surface area contributed by atoms with Gasteiger partial charge in [-0.3, -0.25) is 4.79 Å². The molecule has 0 aliphatic carbocycles. The summed E-state index contributed by atoms with van der Waals surface area (Å²) in [4.78, 5) is 25.8. The molecule has 0 spiro atoms. The van der Waals surface area contributed by atoms with Gasteiger partial charge in [0.05, 0.1) is 30.4 Å². The number of amides is 1. The molecule has 0 bridgehead atoms. The van der Waals surface area contributed by atoms with Crippen molar-refractivity contribution in [2.75, 3.05) is 6.54 Å². The lowest BCUT2D eigenvalue weighted by Crippen LogP contribution is -2.40. The van der Waals surface area contributed by atoms with Crippen LogP contribution in [0.3, 0.4) is 0 Å². The highest BCUT2D eigenvalue weighted by Crippen LogP contribution is 2.20. The Labute approximate surface area is 170 Å². The molecule has 0 atom stereocenters. The van der Waals surface area contributed by atoms with E-state index in [1.807, 2.05) is 13.8 Å². The minimum absolute atomic E-state index is 0.0226. The molecule has 29 heavy (non-hydrogen) atoms. The second kappa shape index (κ2) is 8.92. The number of carboxylic acid groups (broad SMARTS) is 1. The molecule has 0 saturated heterocycles. The van der Waals surface area contributed by atoms with Gasteiger partial charge in [-0.15, -0.1) is 21.5 Å². The molecule has 1 amide bonds. The zero-order chi connectivity index (χ0) is 21.0. The predicted molar refractivity (Wildman–Crippen MR) is 103 cm³/mol. The number of rotatable bonds is 9. The van der Waals surface area contributed by atoms with Crippen molar-refractivity contribution >= 4 is 23.2 Å². The van der Waals surface area contributed by atoms with Gasteiger partial charge in [0.1, 0.15) is 17.1 Å². The van der Waals surface area contributed by atoms with Crippen LogP contribution < -0.4 is 0 Å². The molecule has 0 unspecified atom stereocenters. The normalized spacial score (nSPS) is 11.2. The van der Waals surface area contributed by atoms with Crippen molar-refractivity contribution in [3.63, 3.8) is 0 Å². The Morgan fingerprint density at radius 1 is 1.21 bits per heavy atom. The molecule has 0 aromatic carbocycles. The van der Waals surface area contributed by atoms with E-state index >= 15 is 0 Å². The fourth-order valence-corrected chi connectivity index (χ4v) is 3.51. The van der Waals surface area contributed by atoms with Gasteiger partial charge >= 0.3 is 5.97 Å². The maximum Gasteiger partial charge on any atom is 0.348 e. The number of carboxylic acids is 1. The number of nitrogens with zero attached hydrogens (tertiary/aromatic N) is 7. The van der Waals surface area contributed by atoms with Crippen molar-refractivity contribution in [1.82, 2.24) is 34.9 Å². The first-order chi connectivity index (χ1) is 13.9. The quantitative estimate of drug-likeness (QED) is 0.514. The number of carbonyl (C=O) groups is 2. The van der Waals surface area contributed by atoms with Crippen molar-refractivity contribution in [1.29, 1.82) is 0 Å². The number of hydrogen-bond acceptors (Lipinski definition) is 8. The molecule has 11 nitrogen and oxygen atoms in total. The standard InChI is InChI=1S/C17H21N7O4S/c1-11(2)23(15(26)9-22-7-13(10-25)19-20-22)5-3-12-8-24(21-18-12)14-4-6-29-16(14)17(27)28/h4,6-8,11,25H,3,5,9-10H2,1-2H3,(H,27,28). The summed E-state index contributed by atoms with van der Waals surface area (Å²) >= 11 is 1.12. The Balaban J connectivity index is 1.65. The van der Waals surface area contributed by atoms with Gasteiger partial charge in [-0.1, -0.05) is 10.4 Å². The van der Waals surface area contributed by atoms with Crippen molar-refractivity contribution in [2.24, 2.45) is 0 Å². The van der Waals surface area contributed by atoms with Gasteiger partial charge in [0.15, 0.2) is 0 Å². The molecule has 3 aromatic rings. The van der Waals surface area contributed by atoms with Gasteiger partial charge in [-0.05, 0) is 25.3 Å². The summed E-state index contributed by atoms with van der Waals surface area (Å²) in [6.07, 6.45) is 3.67. The molecular weight excluding hydrogens is 398 g/mol. The molecule has 0 saturated carbocycles. The lowest BCUT2D eigenvalue weighted by Gasteiger charge is -2.26. The van der Waals surface area contributed by atoms with Crippen LogP contribution in [0.2, 0.25) is 0 Å². The van der Waals surface area contributed by atoms with E-state index in [4.69, 9.17) is 5.11 Å². The van der Waals surface area contributed by atoms with Crippen LogP contribution in [0.25, 0.3) is 5.69 Å². The number of aliphatic hydroxyl groups is 1. The molecule has 0 radical (unpaired) electrons. The monoisotopic (exact) mass is 419 g/mol. The van der Waals surface area contributed by atoms with Gasteiger partial charge in [0.2, 0.25) is 5.91 Å². The molecule has 0 aliphatic heterocycles. The molecule has 0 aliphatic rings. The zero-order valence-electron chi connectivity index (χ0n) is 16.0. The number of aliphatic hydroxyl groups excluding tert-OH is 1. The van der Waals surface area contributed by atoms with Crippen LogP contribution >= 0.6 is 11.3 Å². The Hall–Kier alpha value is -3.12. The molecule has 3 rings (SSSR count). The van der Waals surface area contributed by atoms with Crippen LogP contribution in [0, 0.1) is 0 Å². The van der Waals surface area contributed by atoms with Crippen LogP contribution in [0.5, 0.6) is 0 Å². The summed E-state index contributed by atoms with van der Waals surface area (Å²) in [5, 5.41) is 35.7. The number of carbonyl (C=O) groups excluding carboxylic acids is 1. The fraction of sp³-hybridized carbons (Fsp3) is 0.412. The summed E-state index contributed by atoms with van der Waals surface area (Å²) < 4.78 is 2.83. The summed E-state index contributed by atoms with van der Waals surface area (Å²) in [5.74, 6) is -1.14. The summed E-state index contributed by atoms with van der Waals surface area (Å²) in [6, 6.07) is 1.64. The van der Waals surface area contributed by atoms with E-state index in [0.29, 0.717) is 30.0 Å². The average molecular weight is 419 g/mol. The molecule has 2 N–H and O–H groups in total. The predicted octanol–water partition coefficient (Wildman–Crippen LogP) is 0.591. The first kappa shape index (κ1) is 20.6. The van der Waals surface area contributed by atoms with Crippen LogP contribution in [-0.2, 0) is 24.4 Å². The van der Waals surface area contributed by atoms with Crippen molar-refractivity contribution in [3.05, 3.63) is 40.1 Å².